The zero-order valence-corrected chi connectivity index (χ0v) is 17.3. The van der Waals surface area contributed by atoms with Crippen LogP contribution in [-0.4, -0.2) is 54.2 Å². The molecule has 0 amide bonds. The van der Waals surface area contributed by atoms with Crippen LogP contribution in [0.15, 0.2) is 47.6 Å². The van der Waals surface area contributed by atoms with Gasteiger partial charge in [-0.15, -0.1) is 0 Å². The average Bonchev–Trinajstić information content (AvgIpc) is 3.26. The minimum absolute atomic E-state index is 0.214. The summed E-state index contributed by atoms with van der Waals surface area (Å²) in [5.41, 5.74) is 3.07. The van der Waals surface area contributed by atoms with Crippen LogP contribution in [0.4, 0.5) is 0 Å². The molecule has 1 saturated heterocycles. The van der Waals surface area contributed by atoms with Crippen LogP contribution < -0.4 is 14.2 Å². The van der Waals surface area contributed by atoms with Crippen molar-refractivity contribution in [2.45, 2.75) is 38.0 Å². The van der Waals surface area contributed by atoms with E-state index in [1.165, 1.54) is 5.56 Å². The standard InChI is InChI=1S/C24H27N3O3/c1-2-26-11-9-24(10-12-26)27-20(18-5-3-4-6-21(18)30-24)16-19(25-27)17-7-8-22-23(15-17)29-14-13-28-22/h3-8,15,20H,2,9-14,16H2,1H3/t20-/m0/s1. The van der Waals surface area contributed by atoms with Crippen molar-refractivity contribution in [2.75, 3.05) is 32.8 Å². The monoisotopic (exact) mass is 405 g/mol. The Morgan fingerprint density at radius 1 is 1.00 bits per heavy atom. The summed E-state index contributed by atoms with van der Waals surface area (Å²) in [7, 11) is 0. The van der Waals surface area contributed by atoms with Crippen LogP contribution in [0.25, 0.3) is 0 Å². The fourth-order valence-electron chi connectivity index (χ4n) is 5.18. The van der Waals surface area contributed by atoms with Crippen LogP contribution in [-0.2, 0) is 0 Å². The number of hydrazone groups is 1. The van der Waals surface area contributed by atoms with Crippen LogP contribution in [0.1, 0.15) is 43.4 Å². The van der Waals surface area contributed by atoms with Gasteiger partial charge in [0.15, 0.2) is 11.5 Å². The van der Waals surface area contributed by atoms with E-state index >= 15 is 0 Å². The van der Waals surface area contributed by atoms with Gasteiger partial charge in [-0.1, -0.05) is 25.1 Å². The number of para-hydroxylation sites is 1. The quantitative estimate of drug-likeness (QED) is 0.760. The lowest BCUT2D eigenvalue weighted by atomic mass is 9.90. The number of benzene rings is 2. The predicted octanol–water partition coefficient (Wildman–Crippen LogP) is 3.81. The van der Waals surface area contributed by atoms with Crippen molar-refractivity contribution in [1.82, 2.24) is 9.91 Å². The number of ether oxygens (including phenoxy) is 3. The molecule has 2 aromatic rings. The van der Waals surface area contributed by atoms with Crippen LogP contribution in [0.3, 0.4) is 0 Å². The summed E-state index contributed by atoms with van der Waals surface area (Å²) in [5, 5.41) is 7.44. The number of piperidine rings is 1. The summed E-state index contributed by atoms with van der Waals surface area (Å²) >= 11 is 0. The largest absolute Gasteiger partial charge is 0.486 e. The van der Waals surface area contributed by atoms with Crippen LogP contribution in [0, 0.1) is 0 Å². The third-order valence-corrected chi connectivity index (χ3v) is 6.87. The van der Waals surface area contributed by atoms with E-state index in [1.54, 1.807) is 0 Å². The van der Waals surface area contributed by atoms with E-state index < -0.39 is 0 Å². The van der Waals surface area contributed by atoms with Crippen molar-refractivity contribution in [3.63, 3.8) is 0 Å². The Morgan fingerprint density at radius 2 is 1.80 bits per heavy atom. The summed E-state index contributed by atoms with van der Waals surface area (Å²) in [6.45, 7) is 6.59. The topological polar surface area (TPSA) is 46.5 Å². The average molecular weight is 405 g/mol. The van der Waals surface area contributed by atoms with Gasteiger partial charge < -0.3 is 19.1 Å². The molecule has 4 aliphatic rings. The lowest BCUT2D eigenvalue weighted by molar-refractivity contribution is -0.149. The Morgan fingerprint density at radius 3 is 2.63 bits per heavy atom. The Balaban J connectivity index is 1.38. The van der Waals surface area contributed by atoms with E-state index in [0.717, 1.165) is 67.4 Å². The Kier molecular flexibility index (Phi) is 4.16. The summed E-state index contributed by atoms with van der Waals surface area (Å²) in [4.78, 5) is 2.49. The molecule has 0 saturated carbocycles. The van der Waals surface area contributed by atoms with Gasteiger partial charge in [0, 0.05) is 43.5 Å². The molecule has 6 rings (SSSR count). The first-order chi connectivity index (χ1) is 14.8. The van der Waals surface area contributed by atoms with Crippen molar-refractivity contribution in [2.24, 2.45) is 5.10 Å². The van der Waals surface area contributed by atoms with Crippen molar-refractivity contribution in [3.05, 3.63) is 53.6 Å². The van der Waals surface area contributed by atoms with Gasteiger partial charge in [-0.25, -0.2) is 5.01 Å². The second kappa shape index (κ2) is 6.91. The van der Waals surface area contributed by atoms with Crippen molar-refractivity contribution in [3.8, 4) is 17.2 Å². The van der Waals surface area contributed by atoms with Crippen LogP contribution >= 0.6 is 0 Å². The molecule has 1 atom stereocenters. The zero-order chi connectivity index (χ0) is 20.1. The molecule has 30 heavy (non-hydrogen) atoms. The van der Waals surface area contributed by atoms with Crippen molar-refractivity contribution < 1.29 is 14.2 Å². The molecular weight excluding hydrogens is 378 g/mol. The summed E-state index contributed by atoms with van der Waals surface area (Å²) in [6.07, 6.45) is 2.80. The Labute approximate surface area is 177 Å². The lowest BCUT2D eigenvalue weighted by Crippen LogP contribution is -2.59. The van der Waals surface area contributed by atoms with Crippen molar-refractivity contribution >= 4 is 5.71 Å². The van der Waals surface area contributed by atoms with E-state index in [-0.39, 0.29) is 11.8 Å². The third-order valence-electron chi connectivity index (χ3n) is 6.87. The molecule has 0 radical (unpaired) electrons. The molecule has 0 bridgehead atoms. The van der Waals surface area contributed by atoms with Gasteiger partial charge in [0.25, 0.3) is 0 Å². The van der Waals surface area contributed by atoms with Crippen LogP contribution in [0.5, 0.6) is 17.2 Å². The molecule has 6 nitrogen and oxygen atoms in total. The van der Waals surface area contributed by atoms with Gasteiger partial charge in [-0.05, 0) is 30.8 Å². The molecular formula is C24H27N3O3. The van der Waals surface area contributed by atoms with Gasteiger partial charge >= 0.3 is 0 Å². The number of rotatable bonds is 2. The molecule has 6 heteroatoms. The van der Waals surface area contributed by atoms with E-state index in [9.17, 15) is 0 Å². The normalized spacial score (nSPS) is 24.1. The number of likely N-dealkylation sites (tertiary alicyclic amines) is 1. The zero-order valence-electron chi connectivity index (χ0n) is 17.3. The van der Waals surface area contributed by atoms with E-state index in [0.29, 0.717) is 13.2 Å². The predicted molar refractivity (Wildman–Crippen MR) is 114 cm³/mol. The first kappa shape index (κ1) is 18.1. The number of nitrogens with zero attached hydrogens (tertiary/aromatic N) is 3. The number of hydrogen-bond acceptors (Lipinski definition) is 6. The highest BCUT2D eigenvalue weighted by molar-refractivity contribution is 6.02. The van der Waals surface area contributed by atoms with Gasteiger partial charge in [-0.2, -0.15) is 5.10 Å². The Hall–Kier alpha value is -2.73. The first-order valence-electron chi connectivity index (χ1n) is 11.0. The second-order valence-corrected chi connectivity index (χ2v) is 8.49. The second-order valence-electron chi connectivity index (χ2n) is 8.49. The fourth-order valence-corrected chi connectivity index (χ4v) is 5.18. The van der Waals surface area contributed by atoms with Gasteiger partial charge in [0.05, 0.1) is 11.8 Å². The summed E-state index contributed by atoms with van der Waals surface area (Å²) < 4.78 is 18.2. The number of fused-ring (bicyclic) bond motifs is 5. The highest BCUT2D eigenvalue weighted by atomic mass is 16.6. The van der Waals surface area contributed by atoms with Gasteiger partial charge in [-0.3, -0.25) is 0 Å². The van der Waals surface area contributed by atoms with E-state index in [4.69, 9.17) is 19.3 Å². The summed E-state index contributed by atoms with van der Waals surface area (Å²) in [6, 6.07) is 14.9. The number of hydrogen-bond donors (Lipinski definition) is 0. The molecule has 0 unspecified atom stereocenters. The molecule has 0 aromatic heterocycles. The summed E-state index contributed by atoms with van der Waals surface area (Å²) in [5.74, 6) is 2.65. The SMILES string of the molecule is CCN1CCC2(CC1)Oc1ccccc1[C@@H]1CC(c3ccc4c(c3)OCCO4)=NN12. The molecule has 0 N–H and O–H groups in total. The molecule has 156 valence electrons. The highest BCUT2D eigenvalue weighted by Gasteiger charge is 2.51. The molecule has 4 heterocycles. The smallest absolute Gasteiger partial charge is 0.200 e. The van der Waals surface area contributed by atoms with Gasteiger partial charge in [0.2, 0.25) is 5.72 Å². The molecule has 1 fully saturated rings. The fraction of sp³-hybridized carbons (Fsp3) is 0.458. The third kappa shape index (κ3) is 2.77. The van der Waals surface area contributed by atoms with Crippen LogP contribution in [0.2, 0.25) is 0 Å². The maximum atomic E-state index is 6.69. The highest BCUT2D eigenvalue weighted by Crippen LogP contribution is 2.50. The maximum Gasteiger partial charge on any atom is 0.200 e. The van der Waals surface area contributed by atoms with Crippen molar-refractivity contribution in [1.29, 1.82) is 0 Å². The Bertz CT molecular complexity index is 997. The minimum Gasteiger partial charge on any atom is -0.486 e. The molecule has 2 aromatic carbocycles. The lowest BCUT2D eigenvalue weighted by Gasteiger charge is -2.51. The molecule has 0 aliphatic carbocycles. The van der Waals surface area contributed by atoms with Gasteiger partial charge in [0.1, 0.15) is 19.0 Å². The molecule has 1 spiro atoms. The van der Waals surface area contributed by atoms with E-state index in [2.05, 4.69) is 53.2 Å². The molecule has 4 aliphatic heterocycles. The first-order valence-corrected chi connectivity index (χ1v) is 11.0. The minimum atomic E-state index is -0.361. The maximum absolute atomic E-state index is 6.69. The van der Waals surface area contributed by atoms with E-state index in [1.807, 2.05) is 6.07 Å².